The van der Waals surface area contributed by atoms with E-state index in [0.29, 0.717) is 21.2 Å². The third-order valence-electron chi connectivity index (χ3n) is 3.27. The Morgan fingerprint density at radius 3 is 2.72 bits per heavy atom. The van der Waals surface area contributed by atoms with Crippen LogP contribution in [-0.4, -0.2) is 57.6 Å². The van der Waals surface area contributed by atoms with Crippen molar-refractivity contribution >= 4 is 23.3 Å². The smallest absolute Gasteiger partial charge is 0.313 e. The van der Waals surface area contributed by atoms with Crippen molar-refractivity contribution in [1.82, 2.24) is 15.2 Å². The number of carboxylic acid groups (broad SMARTS) is 1. The molecule has 0 aliphatic rings. The van der Waals surface area contributed by atoms with Crippen molar-refractivity contribution in [3.8, 4) is 11.6 Å². The van der Waals surface area contributed by atoms with E-state index in [2.05, 4.69) is 42.5 Å². The van der Waals surface area contributed by atoms with E-state index < -0.39 is 5.97 Å². The number of aromatic nitrogens is 3. The molecule has 0 aromatic carbocycles. The minimum absolute atomic E-state index is 0.0857. The third-order valence-corrected chi connectivity index (χ3v) is 4.10. The topological polar surface area (TPSA) is 92.0 Å². The summed E-state index contributed by atoms with van der Waals surface area (Å²) in [6.07, 6.45) is 4.16. The van der Waals surface area contributed by atoms with E-state index in [4.69, 9.17) is 9.52 Å². The van der Waals surface area contributed by atoms with Gasteiger partial charge in [0.1, 0.15) is 12.0 Å². The second kappa shape index (κ2) is 7.71. The summed E-state index contributed by atoms with van der Waals surface area (Å²) in [4.78, 5) is 14.9. The summed E-state index contributed by atoms with van der Waals surface area (Å²) in [5.74, 6) is 0.781. The first-order valence-electron chi connectivity index (χ1n) is 7.74. The molecular formula is C17H23N4O3S+. The maximum absolute atomic E-state index is 10.6. The third kappa shape index (κ3) is 5.33. The summed E-state index contributed by atoms with van der Waals surface area (Å²) in [6, 6.07) is 3.73. The zero-order chi connectivity index (χ0) is 18.6. The number of nitrogens with zero attached hydrogens (tertiary/aromatic N) is 3. The molecule has 2 rings (SSSR count). The molecule has 0 bridgehead atoms. The number of rotatable bonds is 7. The minimum Gasteiger partial charge on any atom is -0.481 e. The number of carbonyl (C=O) groups is 1. The van der Waals surface area contributed by atoms with Crippen LogP contribution in [0.2, 0.25) is 0 Å². The molecule has 2 aromatic rings. The van der Waals surface area contributed by atoms with Crippen LogP contribution in [0.1, 0.15) is 19.6 Å². The first kappa shape index (κ1) is 19.0. The van der Waals surface area contributed by atoms with Gasteiger partial charge in [-0.2, -0.15) is 4.98 Å². The van der Waals surface area contributed by atoms with Gasteiger partial charge in [0, 0.05) is 0 Å². The number of quaternary nitrogens is 1. The predicted octanol–water partition coefficient (Wildman–Crippen LogP) is 3.25. The van der Waals surface area contributed by atoms with E-state index in [0.717, 1.165) is 28.7 Å². The molecule has 0 spiro atoms. The maximum atomic E-state index is 10.6. The van der Waals surface area contributed by atoms with Crippen LogP contribution in [0.3, 0.4) is 0 Å². The molecule has 0 unspecified atom stereocenters. The number of hydrogen-bond donors (Lipinski definition) is 2. The Morgan fingerprint density at radius 1 is 1.40 bits per heavy atom. The standard InChI is InChI=1S/C17H22N4O3S/c1-6-11(2)12(9-21(3,4)5)13-7-8-14(24-13)16-18-17(20-19-16)25-10-15(22)23/h6-9H,10H2,1-5H3,(H-,18,19,20,22,23)/p+1. The monoisotopic (exact) mass is 363 g/mol. The Balaban J connectivity index is 2.29. The number of nitrogens with one attached hydrogen (secondary N) is 1. The lowest BCUT2D eigenvalue weighted by molar-refractivity contribution is -0.816. The summed E-state index contributed by atoms with van der Waals surface area (Å²) in [5.41, 5.74) is 2.13. The number of allylic oxidation sites excluding steroid dienone is 3. The van der Waals surface area contributed by atoms with Gasteiger partial charge in [0.2, 0.25) is 5.16 Å². The van der Waals surface area contributed by atoms with Crippen molar-refractivity contribution in [1.29, 1.82) is 0 Å². The highest BCUT2D eigenvalue weighted by Crippen LogP contribution is 2.29. The number of hydrogen-bond acceptors (Lipinski definition) is 5. The molecule has 0 aliphatic carbocycles. The molecule has 2 aromatic heterocycles. The molecule has 0 atom stereocenters. The van der Waals surface area contributed by atoms with Crippen LogP contribution < -0.4 is 0 Å². The van der Waals surface area contributed by atoms with E-state index in [1.54, 1.807) is 0 Å². The number of aliphatic carboxylic acids is 1. The highest BCUT2D eigenvalue weighted by Gasteiger charge is 2.17. The molecule has 2 heterocycles. The molecule has 0 aliphatic heterocycles. The number of thioether (sulfide) groups is 1. The number of furan rings is 1. The normalized spacial score (nSPS) is 13.3. The molecule has 0 saturated heterocycles. The van der Waals surface area contributed by atoms with Gasteiger partial charge in [-0.25, -0.2) is 0 Å². The summed E-state index contributed by atoms with van der Waals surface area (Å²) < 4.78 is 6.62. The Hall–Kier alpha value is -2.32. The Morgan fingerprint density at radius 2 is 2.12 bits per heavy atom. The van der Waals surface area contributed by atoms with Crippen molar-refractivity contribution in [3.63, 3.8) is 0 Å². The largest absolute Gasteiger partial charge is 0.481 e. The SMILES string of the molecule is CC=C(C)C(=C[N+](C)(C)C)c1ccc(-c2nc(SCC(=O)O)n[nH]2)o1. The molecule has 0 radical (unpaired) electrons. The lowest BCUT2D eigenvalue weighted by Crippen LogP contribution is -2.27. The fourth-order valence-electron chi connectivity index (χ4n) is 2.06. The first-order chi connectivity index (χ1) is 11.7. The van der Waals surface area contributed by atoms with Crippen LogP contribution in [-0.2, 0) is 4.79 Å². The molecule has 0 saturated carbocycles. The molecule has 8 heteroatoms. The number of H-pyrrole nitrogens is 1. The van der Waals surface area contributed by atoms with E-state index in [9.17, 15) is 4.79 Å². The van der Waals surface area contributed by atoms with Crippen LogP contribution in [0.5, 0.6) is 0 Å². The van der Waals surface area contributed by atoms with Crippen molar-refractivity contribution in [2.45, 2.75) is 19.0 Å². The van der Waals surface area contributed by atoms with Crippen LogP contribution in [0.25, 0.3) is 17.2 Å². The molecule has 0 fully saturated rings. The molecule has 7 nitrogen and oxygen atoms in total. The highest BCUT2D eigenvalue weighted by atomic mass is 32.2. The van der Waals surface area contributed by atoms with Crippen LogP contribution in [0.15, 0.2) is 39.6 Å². The van der Waals surface area contributed by atoms with E-state index >= 15 is 0 Å². The van der Waals surface area contributed by atoms with Gasteiger partial charge >= 0.3 is 5.97 Å². The van der Waals surface area contributed by atoms with E-state index in [-0.39, 0.29) is 5.75 Å². The van der Waals surface area contributed by atoms with Crippen molar-refractivity contribution < 1.29 is 18.8 Å². The zero-order valence-electron chi connectivity index (χ0n) is 15.0. The summed E-state index contributed by atoms with van der Waals surface area (Å²) in [6.45, 7) is 4.03. The Labute approximate surface area is 151 Å². The lowest BCUT2D eigenvalue weighted by atomic mass is 10.1. The van der Waals surface area contributed by atoms with Crippen molar-refractivity contribution in [2.24, 2.45) is 0 Å². The van der Waals surface area contributed by atoms with Gasteiger partial charge in [-0.1, -0.05) is 17.8 Å². The van der Waals surface area contributed by atoms with E-state index in [1.165, 1.54) is 0 Å². The van der Waals surface area contributed by atoms with Crippen LogP contribution in [0.4, 0.5) is 0 Å². The predicted molar refractivity (Wildman–Crippen MR) is 97.9 cm³/mol. The van der Waals surface area contributed by atoms with Gasteiger partial charge in [0.15, 0.2) is 11.6 Å². The van der Waals surface area contributed by atoms with Gasteiger partial charge in [-0.15, -0.1) is 5.10 Å². The van der Waals surface area contributed by atoms with Gasteiger partial charge in [0.05, 0.1) is 32.5 Å². The average molecular weight is 363 g/mol. The zero-order valence-corrected chi connectivity index (χ0v) is 15.8. The molecule has 25 heavy (non-hydrogen) atoms. The second-order valence-corrected chi connectivity index (χ2v) is 7.39. The average Bonchev–Trinajstić information content (AvgIpc) is 3.17. The van der Waals surface area contributed by atoms with Crippen LogP contribution in [0, 0.1) is 0 Å². The van der Waals surface area contributed by atoms with Gasteiger partial charge in [-0.3, -0.25) is 9.89 Å². The molecule has 134 valence electrons. The van der Waals surface area contributed by atoms with E-state index in [1.807, 2.05) is 32.1 Å². The van der Waals surface area contributed by atoms with Gasteiger partial charge < -0.3 is 14.0 Å². The Kier molecular flexibility index (Phi) is 5.86. The van der Waals surface area contributed by atoms with Gasteiger partial charge in [-0.05, 0) is 31.6 Å². The summed E-state index contributed by atoms with van der Waals surface area (Å²) >= 11 is 1.06. The molecular weight excluding hydrogens is 340 g/mol. The molecule has 2 N–H and O–H groups in total. The van der Waals surface area contributed by atoms with Crippen molar-refractivity contribution in [2.75, 3.05) is 26.9 Å². The molecule has 0 amide bonds. The summed E-state index contributed by atoms with van der Waals surface area (Å²) in [7, 11) is 6.24. The highest BCUT2D eigenvalue weighted by molar-refractivity contribution is 7.99. The maximum Gasteiger partial charge on any atom is 0.313 e. The second-order valence-electron chi connectivity index (χ2n) is 6.44. The Bertz CT molecular complexity index is 812. The fraction of sp³-hybridized carbons (Fsp3) is 0.353. The summed E-state index contributed by atoms with van der Waals surface area (Å²) in [5, 5.41) is 15.9. The lowest BCUT2D eigenvalue weighted by Gasteiger charge is -2.20. The number of carboxylic acids is 1. The minimum atomic E-state index is -0.909. The number of aromatic amines is 1. The van der Waals surface area contributed by atoms with Gasteiger partial charge in [0.25, 0.3) is 0 Å². The quantitative estimate of drug-likeness (QED) is 0.446. The first-order valence-corrected chi connectivity index (χ1v) is 8.73. The van der Waals surface area contributed by atoms with Crippen molar-refractivity contribution in [3.05, 3.63) is 35.7 Å². The fourth-order valence-corrected chi connectivity index (χ4v) is 2.58. The van der Waals surface area contributed by atoms with Crippen LogP contribution >= 0.6 is 11.8 Å².